The second kappa shape index (κ2) is 6.89. The molecule has 0 bridgehead atoms. The third-order valence-electron chi connectivity index (χ3n) is 3.33. The Balaban J connectivity index is 1.95. The smallest absolute Gasteiger partial charge is 0.298 e. The second-order valence-electron chi connectivity index (χ2n) is 4.87. The van der Waals surface area contributed by atoms with Crippen molar-refractivity contribution in [3.8, 4) is 5.75 Å². The summed E-state index contributed by atoms with van der Waals surface area (Å²) >= 11 is 13.1. The van der Waals surface area contributed by atoms with Gasteiger partial charge in [0, 0.05) is 0 Å². The first-order valence-corrected chi connectivity index (χ1v) is 8.44. The van der Waals surface area contributed by atoms with Crippen molar-refractivity contribution in [2.75, 3.05) is 12.0 Å². The first-order chi connectivity index (χ1) is 11.5. The van der Waals surface area contributed by atoms with Crippen molar-refractivity contribution < 1.29 is 14.3 Å². The van der Waals surface area contributed by atoms with Crippen LogP contribution in [0, 0.1) is 0 Å². The zero-order valence-electron chi connectivity index (χ0n) is 12.5. The molecule has 2 aromatic carbocycles. The first-order valence-electron chi connectivity index (χ1n) is 6.87. The van der Waals surface area contributed by atoms with Gasteiger partial charge < -0.3 is 4.74 Å². The molecule has 0 aliphatic carbocycles. The quantitative estimate of drug-likeness (QED) is 0.683. The van der Waals surface area contributed by atoms with E-state index in [4.69, 9.17) is 27.9 Å². The Kier molecular flexibility index (Phi) is 4.85. The summed E-state index contributed by atoms with van der Waals surface area (Å²) in [4.78, 5) is 26.2. The molecule has 0 N–H and O–H groups in total. The number of rotatable bonds is 3. The number of hydrogen-bond acceptors (Lipinski definition) is 4. The third kappa shape index (κ3) is 3.15. The number of halogens is 2. The summed E-state index contributed by atoms with van der Waals surface area (Å²) in [5.74, 6) is -0.00728. The highest BCUT2D eigenvalue weighted by molar-refractivity contribution is 8.19. The maximum Gasteiger partial charge on any atom is 0.298 e. The first kappa shape index (κ1) is 16.9. The van der Waals surface area contributed by atoms with Gasteiger partial charge in [-0.3, -0.25) is 9.59 Å². The molecule has 7 heteroatoms. The van der Waals surface area contributed by atoms with Crippen LogP contribution in [0.2, 0.25) is 10.0 Å². The average molecular weight is 380 g/mol. The van der Waals surface area contributed by atoms with E-state index in [1.54, 1.807) is 42.5 Å². The molecule has 0 spiro atoms. The topological polar surface area (TPSA) is 46.6 Å². The number of imide groups is 1. The minimum atomic E-state index is -0.376. The van der Waals surface area contributed by atoms with Gasteiger partial charge in [-0.1, -0.05) is 41.4 Å². The van der Waals surface area contributed by atoms with Crippen molar-refractivity contribution in [1.29, 1.82) is 0 Å². The number of ether oxygens (including phenoxy) is 1. The molecule has 1 saturated heterocycles. The largest absolute Gasteiger partial charge is 0.494 e. The Hall–Kier alpha value is -1.95. The van der Waals surface area contributed by atoms with E-state index in [-0.39, 0.29) is 11.1 Å². The molecule has 0 atom stereocenters. The molecule has 2 amide bonds. The van der Waals surface area contributed by atoms with Crippen molar-refractivity contribution in [3.05, 3.63) is 63.0 Å². The third-order valence-corrected chi connectivity index (χ3v) is 4.76. The zero-order valence-corrected chi connectivity index (χ0v) is 14.8. The number of amides is 2. The van der Waals surface area contributed by atoms with Gasteiger partial charge in [-0.05, 0) is 47.7 Å². The van der Waals surface area contributed by atoms with Gasteiger partial charge in [0.15, 0.2) is 5.75 Å². The molecule has 0 saturated carbocycles. The number of thioether (sulfide) groups is 1. The molecular formula is C17H11Cl2NO3S. The molecule has 122 valence electrons. The van der Waals surface area contributed by atoms with Crippen LogP contribution in [0.1, 0.15) is 5.56 Å². The number of benzene rings is 2. The Labute approximate surface area is 153 Å². The van der Waals surface area contributed by atoms with E-state index in [0.717, 1.165) is 16.7 Å². The predicted octanol–water partition coefficient (Wildman–Crippen LogP) is 5.24. The standard InChI is InChI=1S/C17H11Cl2NO3S/c1-23-15-12(18)7-10(8-13(15)19)9-14-16(21)20(17(22)24-14)11-5-3-2-4-6-11/h2-9H,1H3. The SMILES string of the molecule is COc1c(Cl)cc(C=C2SC(=O)N(c3ccccc3)C2=O)cc1Cl. The predicted molar refractivity (Wildman–Crippen MR) is 97.9 cm³/mol. The zero-order chi connectivity index (χ0) is 17.3. The van der Waals surface area contributed by atoms with Gasteiger partial charge in [0.2, 0.25) is 0 Å². The molecule has 1 aliphatic heterocycles. The molecular weight excluding hydrogens is 369 g/mol. The molecule has 3 rings (SSSR count). The summed E-state index contributed by atoms with van der Waals surface area (Å²) in [6.45, 7) is 0. The maximum atomic E-state index is 12.5. The van der Waals surface area contributed by atoms with E-state index in [9.17, 15) is 9.59 Å². The van der Waals surface area contributed by atoms with Crippen molar-refractivity contribution in [2.24, 2.45) is 0 Å². The molecule has 0 radical (unpaired) electrons. The van der Waals surface area contributed by atoms with E-state index in [0.29, 0.717) is 32.0 Å². The minimum Gasteiger partial charge on any atom is -0.494 e. The number of anilines is 1. The number of carbonyl (C=O) groups is 2. The molecule has 4 nitrogen and oxygen atoms in total. The summed E-state index contributed by atoms with van der Waals surface area (Å²) in [6.07, 6.45) is 1.59. The lowest BCUT2D eigenvalue weighted by molar-refractivity contribution is -0.113. The van der Waals surface area contributed by atoms with E-state index in [1.807, 2.05) is 6.07 Å². The van der Waals surface area contributed by atoms with Gasteiger partial charge in [-0.15, -0.1) is 0 Å². The summed E-state index contributed by atoms with van der Waals surface area (Å²) < 4.78 is 5.09. The fourth-order valence-electron chi connectivity index (χ4n) is 2.28. The maximum absolute atomic E-state index is 12.5. The number of methoxy groups -OCH3 is 1. The van der Waals surface area contributed by atoms with Crippen LogP contribution in [-0.2, 0) is 4.79 Å². The minimum absolute atomic E-state index is 0.307. The highest BCUT2D eigenvalue weighted by Gasteiger charge is 2.36. The van der Waals surface area contributed by atoms with Crippen molar-refractivity contribution in [1.82, 2.24) is 0 Å². The van der Waals surface area contributed by atoms with Gasteiger partial charge in [0.05, 0.1) is 27.7 Å². The van der Waals surface area contributed by atoms with Gasteiger partial charge in [-0.2, -0.15) is 0 Å². The summed E-state index contributed by atoms with van der Waals surface area (Å²) in [6, 6.07) is 12.0. The van der Waals surface area contributed by atoms with Gasteiger partial charge in [0.1, 0.15) is 0 Å². The highest BCUT2D eigenvalue weighted by atomic mass is 35.5. The Bertz CT molecular complexity index is 829. The van der Waals surface area contributed by atoms with Crippen molar-refractivity contribution >= 4 is 57.9 Å². The number of para-hydroxylation sites is 1. The van der Waals surface area contributed by atoms with Gasteiger partial charge >= 0.3 is 0 Å². The number of carbonyl (C=O) groups excluding carboxylic acids is 2. The molecule has 1 aliphatic rings. The molecule has 24 heavy (non-hydrogen) atoms. The van der Waals surface area contributed by atoms with E-state index in [2.05, 4.69) is 0 Å². The van der Waals surface area contributed by atoms with Gasteiger partial charge in [0.25, 0.3) is 11.1 Å². The van der Waals surface area contributed by atoms with Crippen LogP contribution in [-0.4, -0.2) is 18.3 Å². The van der Waals surface area contributed by atoms with E-state index in [1.165, 1.54) is 7.11 Å². The monoisotopic (exact) mass is 379 g/mol. The lowest BCUT2D eigenvalue weighted by atomic mass is 10.2. The fraction of sp³-hybridized carbons (Fsp3) is 0.0588. The Morgan fingerprint density at radius 1 is 1.08 bits per heavy atom. The van der Waals surface area contributed by atoms with Crippen LogP contribution in [0.25, 0.3) is 6.08 Å². The molecule has 0 unspecified atom stereocenters. The van der Waals surface area contributed by atoms with E-state index >= 15 is 0 Å². The lowest BCUT2D eigenvalue weighted by Gasteiger charge is -2.11. The molecule has 1 fully saturated rings. The van der Waals surface area contributed by atoms with Crippen LogP contribution in [0.15, 0.2) is 47.4 Å². The van der Waals surface area contributed by atoms with Crippen LogP contribution >= 0.6 is 35.0 Å². The molecule has 0 aromatic heterocycles. The second-order valence-corrected chi connectivity index (χ2v) is 6.68. The Morgan fingerprint density at radius 3 is 2.29 bits per heavy atom. The Morgan fingerprint density at radius 2 is 1.71 bits per heavy atom. The van der Waals surface area contributed by atoms with Crippen LogP contribution in [0.3, 0.4) is 0 Å². The number of nitrogens with zero attached hydrogens (tertiary/aromatic N) is 1. The van der Waals surface area contributed by atoms with Crippen molar-refractivity contribution in [3.63, 3.8) is 0 Å². The van der Waals surface area contributed by atoms with Crippen LogP contribution in [0.5, 0.6) is 5.75 Å². The lowest BCUT2D eigenvalue weighted by Crippen LogP contribution is -2.27. The van der Waals surface area contributed by atoms with Crippen molar-refractivity contribution in [2.45, 2.75) is 0 Å². The normalized spacial score (nSPS) is 16.1. The fourth-order valence-corrected chi connectivity index (χ4v) is 3.78. The highest BCUT2D eigenvalue weighted by Crippen LogP contribution is 2.38. The van der Waals surface area contributed by atoms with Gasteiger partial charge in [-0.25, -0.2) is 4.90 Å². The molecule has 1 heterocycles. The van der Waals surface area contributed by atoms with E-state index < -0.39 is 0 Å². The average Bonchev–Trinajstić information content (AvgIpc) is 2.82. The summed E-state index contributed by atoms with van der Waals surface area (Å²) in [5, 5.41) is 0.320. The molecule has 2 aromatic rings. The number of hydrogen-bond donors (Lipinski definition) is 0. The van der Waals surface area contributed by atoms with Crippen LogP contribution < -0.4 is 9.64 Å². The summed E-state index contributed by atoms with van der Waals surface area (Å²) in [7, 11) is 1.47. The van der Waals surface area contributed by atoms with Crippen LogP contribution in [0.4, 0.5) is 10.5 Å². The summed E-state index contributed by atoms with van der Waals surface area (Å²) in [5.41, 5.74) is 1.15.